The number of amides is 1. The van der Waals surface area contributed by atoms with Crippen molar-refractivity contribution in [1.29, 1.82) is 0 Å². The Morgan fingerprint density at radius 3 is 2.73 bits per heavy atom. The van der Waals surface area contributed by atoms with Gasteiger partial charge in [-0.05, 0) is 63.7 Å². The predicted octanol–water partition coefficient (Wildman–Crippen LogP) is 3.30. The number of hydrogen-bond donors (Lipinski definition) is 2. The van der Waals surface area contributed by atoms with Gasteiger partial charge in [0, 0.05) is 42.4 Å². The second-order valence-corrected chi connectivity index (χ2v) is 9.17. The summed E-state index contributed by atoms with van der Waals surface area (Å²) in [5, 5.41) is 3.85. The van der Waals surface area contributed by atoms with E-state index >= 15 is 0 Å². The molecule has 30 heavy (non-hydrogen) atoms. The van der Waals surface area contributed by atoms with E-state index in [4.69, 9.17) is 5.73 Å². The lowest BCUT2D eigenvalue weighted by atomic mass is 10.1. The molecule has 1 atom stereocenters. The van der Waals surface area contributed by atoms with Crippen LogP contribution in [0.25, 0.3) is 10.2 Å². The third-order valence-electron chi connectivity index (χ3n) is 5.83. The van der Waals surface area contributed by atoms with Crippen molar-refractivity contribution in [2.45, 2.75) is 25.8 Å². The molecule has 1 amide bonds. The van der Waals surface area contributed by atoms with Gasteiger partial charge in [0.15, 0.2) is 0 Å². The average molecular weight is 424 g/mol. The molecule has 0 aliphatic carbocycles. The third kappa shape index (κ3) is 4.27. The van der Waals surface area contributed by atoms with E-state index in [-0.39, 0.29) is 5.91 Å². The van der Waals surface area contributed by atoms with Crippen molar-refractivity contribution >= 4 is 38.8 Å². The maximum absolute atomic E-state index is 12.6. The number of hydrogen-bond acceptors (Lipinski definition) is 6. The molecule has 6 nitrogen and oxygen atoms in total. The number of nitrogens with two attached hydrogens (primary N) is 1. The van der Waals surface area contributed by atoms with Crippen molar-refractivity contribution in [3.05, 3.63) is 52.5 Å². The molecule has 0 bridgehead atoms. The van der Waals surface area contributed by atoms with Crippen molar-refractivity contribution in [1.82, 2.24) is 15.2 Å². The van der Waals surface area contributed by atoms with Crippen molar-refractivity contribution in [2.24, 2.45) is 0 Å². The highest BCUT2D eigenvalue weighted by Gasteiger charge is 2.24. The molecule has 1 aromatic carbocycles. The summed E-state index contributed by atoms with van der Waals surface area (Å²) < 4.78 is 0. The number of nitrogen functional groups attached to an aromatic ring is 1. The van der Waals surface area contributed by atoms with Crippen LogP contribution in [0, 0.1) is 6.92 Å². The lowest BCUT2D eigenvalue weighted by Crippen LogP contribution is -2.31. The van der Waals surface area contributed by atoms with E-state index < -0.39 is 0 Å². The lowest BCUT2D eigenvalue weighted by molar-refractivity contribution is 0.0959. The third-order valence-corrected chi connectivity index (χ3v) is 6.95. The molecule has 1 saturated heterocycles. The number of rotatable bonds is 6. The minimum atomic E-state index is -0.128. The van der Waals surface area contributed by atoms with Gasteiger partial charge < -0.3 is 20.9 Å². The first-order valence-corrected chi connectivity index (χ1v) is 11.2. The highest BCUT2D eigenvalue weighted by atomic mass is 32.1. The monoisotopic (exact) mass is 423 g/mol. The van der Waals surface area contributed by atoms with Gasteiger partial charge in [-0.15, -0.1) is 11.3 Å². The summed E-state index contributed by atoms with van der Waals surface area (Å²) in [5.41, 5.74) is 10.1. The minimum Gasteiger partial charge on any atom is -0.397 e. The first-order chi connectivity index (χ1) is 14.4. The highest BCUT2D eigenvalue weighted by molar-refractivity contribution is 7.21. The molecule has 0 spiro atoms. The van der Waals surface area contributed by atoms with E-state index in [0.29, 0.717) is 23.2 Å². The number of thiophene rings is 1. The molecule has 4 rings (SSSR count). The van der Waals surface area contributed by atoms with Crippen LogP contribution in [0.15, 0.2) is 36.4 Å². The second kappa shape index (κ2) is 8.62. The molecular weight excluding hydrogens is 394 g/mol. The van der Waals surface area contributed by atoms with E-state index in [1.807, 2.05) is 19.1 Å². The molecule has 3 N–H and O–H groups in total. The Balaban J connectivity index is 1.32. The number of benzene rings is 1. The number of nitrogens with one attached hydrogen (secondary N) is 1. The summed E-state index contributed by atoms with van der Waals surface area (Å²) >= 11 is 1.35. The van der Waals surface area contributed by atoms with E-state index in [2.05, 4.69) is 58.5 Å². The van der Waals surface area contributed by atoms with Crippen LogP contribution in [0.2, 0.25) is 0 Å². The Hall–Kier alpha value is -2.64. The number of likely N-dealkylation sites (N-methyl/N-ethyl adjacent to an activating group) is 1. The maximum atomic E-state index is 12.6. The molecule has 1 aliphatic rings. The van der Waals surface area contributed by atoms with Gasteiger partial charge in [0.25, 0.3) is 5.91 Å². The first-order valence-electron chi connectivity index (χ1n) is 10.4. The van der Waals surface area contributed by atoms with Crippen LogP contribution in [0.1, 0.15) is 27.3 Å². The summed E-state index contributed by atoms with van der Waals surface area (Å²) in [4.78, 5) is 23.2. The molecule has 2 aromatic heterocycles. The maximum Gasteiger partial charge on any atom is 0.263 e. The van der Waals surface area contributed by atoms with E-state index in [1.165, 1.54) is 29.0 Å². The zero-order chi connectivity index (χ0) is 21.3. The quantitative estimate of drug-likeness (QED) is 0.636. The Kier molecular flexibility index (Phi) is 5.92. The zero-order valence-corrected chi connectivity index (χ0v) is 18.6. The van der Waals surface area contributed by atoms with Crippen molar-refractivity contribution < 1.29 is 4.79 Å². The fourth-order valence-corrected chi connectivity index (χ4v) is 4.99. The molecule has 0 unspecified atom stereocenters. The summed E-state index contributed by atoms with van der Waals surface area (Å²) in [6, 6.07) is 13.2. The van der Waals surface area contributed by atoms with Crippen molar-refractivity contribution in [2.75, 3.05) is 44.4 Å². The molecule has 7 heteroatoms. The minimum absolute atomic E-state index is 0.128. The molecule has 3 heterocycles. The standard InChI is InChI=1S/C23H29N5OS/c1-15-4-9-19-20(24)21(30-23(19)26-15)22(29)25-12-10-16-5-7-17(8-6-16)28-13-11-18(14-28)27(2)3/h4-9,18H,10-14,24H2,1-3H3,(H,25,29)/t18-/m1/s1. The molecular formula is C23H29N5OS. The van der Waals surface area contributed by atoms with Gasteiger partial charge in [-0.3, -0.25) is 4.79 Å². The summed E-state index contributed by atoms with van der Waals surface area (Å²) in [7, 11) is 4.30. The lowest BCUT2D eigenvalue weighted by Gasteiger charge is -2.22. The summed E-state index contributed by atoms with van der Waals surface area (Å²) in [6.45, 7) is 4.69. The number of aryl methyl sites for hydroxylation is 1. The molecule has 0 saturated carbocycles. The number of carbonyl (C=O) groups is 1. The van der Waals surface area contributed by atoms with Gasteiger partial charge in [-0.2, -0.15) is 0 Å². The molecule has 1 fully saturated rings. The van der Waals surface area contributed by atoms with Gasteiger partial charge in [0.05, 0.1) is 5.69 Å². The number of aromatic nitrogens is 1. The van der Waals surface area contributed by atoms with Gasteiger partial charge in [-0.1, -0.05) is 12.1 Å². The van der Waals surface area contributed by atoms with Gasteiger partial charge in [-0.25, -0.2) is 4.98 Å². The Morgan fingerprint density at radius 1 is 1.27 bits per heavy atom. The number of pyridine rings is 1. The van der Waals surface area contributed by atoms with Crippen LogP contribution in [-0.2, 0) is 6.42 Å². The molecule has 0 radical (unpaired) electrons. The largest absolute Gasteiger partial charge is 0.397 e. The van der Waals surface area contributed by atoms with Crippen molar-refractivity contribution in [3.63, 3.8) is 0 Å². The van der Waals surface area contributed by atoms with Crippen LogP contribution >= 0.6 is 11.3 Å². The van der Waals surface area contributed by atoms with Gasteiger partial charge in [0.2, 0.25) is 0 Å². The fraction of sp³-hybridized carbons (Fsp3) is 0.391. The predicted molar refractivity (Wildman–Crippen MR) is 126 cm³/mol. The van der Waals surface area contributed by atoms with Crippen LogP contribution in [-0.4, -0.2) is 55.6 Å². The normalized spacial score (nSPS) is 16.5. The number of carbonyl (C=O) groups excluding carboxylic acids is 1. The topological polar surface area (TPSA) is 74.5 Å². The smallest absolute Gasteiger partial charge is 0.263 e. The van der Waals surface area contributed by atoms with Crippen LogP contribution in [0.4, 0.5) is 11.4 Å². The zero-order valence-electron chi connectivity index (χ0n) is 17.8. The first kappa shape index (κ1) is 20.6. The van der Waals surface area contributed by atoms with Gasteiger partial charge in [0.1, 0.15) is 9.71 Å². The van der Waals surface area contributed by atoms with E-state index in [1.54, 1.807) is 0 Å². The highest BCUT2D eigenvalue weighted by Crippen LogP contribution is 2.32. The number of anilines is 2. The fourth-order valence-electron chi connectivity index (χ4n) is 3.93. The second-order valence-electron chi connectivity index (χ2n) is 8.17. The summed E-state index contributed by atoms with van der Waals surface area (Å²) in [6.07, 6.45) is 1.99. The Bertz CT molecular complexity index is 1040. The Labute approximate surface area is 181 Å². The SMILES string of the molecule is Cc1ccc2c(N)c(C(=O)NCCc3ccc(N4CC[C@@H](N(C)C)C4)cc3)sc2n1. The molecule has 158 valence electrons. The summed E-state index contributed by atoms with van der Waals surface area (Å²) in [5.74, 6) is -0.128. The van der Waals surface area contributed by atoms with E-state index in [0.717, 1.165) is 35.4 Å². The number of nitrogens with zero attached hydrogens (tertiary/aromatic N) is 3. The average Bonchev–Trinajstić information content (AvgIpc) is 3.34. The number of fused-ring (bicyclic) bond motifs is 1. The van der Waals surface area contributed by atoms with Crippen molar-refractivity contribution in [3.8, 4) is 0 Å². The van der Waals surface area contributed by atoms with Crippen LogP contribution < -0.4 is 16.0 Å². The van der Waals surface area contributed by atoms with Crippen LogP contribution in [0.5, 0.6) is 0 Å². The molecule has 1 aliphatic heterocycles. The molecule has 3 aromatic rings. The Morgan fingerprint density at radius 2 is 2.03 bits per heavy atom. The van der Waals surface area contributed by atoms with Gasteiger partial charge >= 0.3 is 0 Å². The van der Waals surface area contributed by atoms with Crippen LogP contribution in [0.3, 0.4) is 0 Å². The van der Waals surface area contributed by atoms with E-state index in [9.17, 15) is 4.79 Å².